The fourth-order valence-corrected chi connectivity index (χ4v) is 3.35. The lowest BCUT2D eigenvalue weighted by atomic mass is 10.2. The first-order valence-electron chi connectivity index (χ1n) is 7.69. The molecule has 0 fully saturated rings. The third-order valence-corrected chi connectivity index (χ3v) is 4.81. The number of methoxy groups -OCH3 is 2. The highest BCUT2D eigenvalue weighted by molar-refractivity contribution is 7.22. The molecule has 130 valence electrons. The molecule has 0 bridgehead atoms. The van der Waals surface area contributed by atoms with E-state index in [0.29, 0.717) is 17.2 Å². The van der Waals surface area contributed by atoms with Crippen molar-refractivity contribution in [2.24, 2.45) is 0 Å². The number of amides is 1. The molecule has 0 aliphatic rings. The maximum atomic E-state index is 12.3. The van der Waals surface area contributed by atoms with E-state index in [1.807, 2.05) is 36.2 Å². The van der Waals surface area contributed by atoms with E-state index in [9.17, 15) is 4.79 Å². The van der Waals surface area contributed by atoms with Gasteiger partial charge in [-0.1, -0.05) is 23.5 Å². The van der Waals surface area contributed by atoms with E-state index < -0.39 is 0 Å². The second-order valence-corrected chi connectivity index (χ2v) is 6.45. The molecule has 0 atom stereocenters. The van der Waals surface area contributed by atoms with Crippen molar-refractivity contribution in [3.05, 3.63) is 42.5 Å². The fraction of sp³-hybridized carbons (Fsp3) is 0.222. The summed E-state index contributed by atoms with van der Waals surface area (Å²) in [5, 5.41) is 3.67. The second-order valence-electron chi connectivity index (χ2n) is 5.44. The first-order valence-corrected chi connectivity index (χ1v) is 8.51. The Labute approximate surface area is 150 Å². The first kappa shape index (κ1) is 17.0. The van der Waals surface area contributed by atoms with Crippen LogP contribution in [0.25, 0.3) is 10.2 Å². The maximum Gasteiger partial charge on any atom is 0.243 e. The zero-order valence-corrected chi connectivity index (χ0v) is 15.1. The number of fused-ring (bicyclic) bond motifs is 1. The molecular weight excluding hydrogens is 338 g/mol. The Hall–Kier alpha value is -2.80. The number of aromatic nitrogens is 1. The molecule has 25 heavy (non-hydrogen) atoms. The van der Waals surface area contributed by atoms with Crippen LogP contribution >= 0.6 is 11.3 Å². The minimum absolute atomic E-state index is 0.131. The molecule has 0 saturated carbocycles. The lowest BCUT2D eigenvalue weighted by Gasteiger charge is -2.16. The average Bonchev–Trinajstić information content (AvgIpc) is 3.05. The maximum absolute atomic E-state index is 12.3. The number of likely N-dealkylation sites (N-methyl/N-ethyl adjacent to an activating group) is 1. The van der Waals surface area contributed by atoms with Crippen molar-refractivity contribution in [3.63, 3.8) is 0 Å². The van der Waals surface area contributed by atoms with E-state index >= 15 is 0 Å². The highest BCUT2D eigenvalue weighted by atomic mass is 32.1. The van der Waals surface area contributed by atoms with Gasteiger partial charge in [0.2, 0.25) is 5.91 Å². The number of carbonyl (C=O) groups excluding carboxylic acids is 1. The number of nitrogens with one attached hydrogen (secondary N) is 1. The molecule has 0 aliphatic carbocycles. The van der Waals surface area contributed by atoms with Crippen LogP contribution in [0.15, 0.2) is 42.5 Å². The zero-order valence-electron chi connectivity index (χ0n) is 14.3. The Kier molecular flexibility index (Phi) is 5.04. The molecular formula is C18H19N3O3S. The van der Waals surface area contributed by atoms with Crippen molar-refractivity contribution in [2.75, 3.05) is 38.0 Å². The van der Waals surface area contributed by atoms with Crippen LogP contribution in [-0.2, 0) is 4.79 Å². The minimum Gasteiger partial charge on any atom is -0.493 e. The van der Waals surface area contributed by atoms with Gasteiger partial charge in [0, 0.05) is 18.8 Å². The number of carbonyl (C=O) groups is 1. The van der Waals surface area contributed by atoms with Crippen LogP contribution in [0.2, 0.25) is 0 Å². The number of nitrogens with zero attached hydrogens (tertiary/aromatic N) is 2. The third kappa shape index (κ3) is 3.83. The summed E-state index contributed by atoms with van der Waals surface area (Å²) in [6.45, 7) is 0.203. The van der Waals surface area contributed by atoms with Gasteiger partial charge >= 0.3 is 0 Å². The van der Waals surface area contributed by atoms with Crippen LogP contribution in [0.1, 0.15) is 0 Å². The Morgan fingerprint density at radius 1 is 1.16 bits per heavy atom. The number of ether oxygens (including phenoxy) is 2. The van der Waals surface area contributed by atoms with E-state index in [1.54, 1.807) is 43.8 Å². The van der Waals surface area contributed by atoms with Crippen molar-refractivity contribution in [1.82, 2.24) is 4.98 Å². The zero-order chi connectivity index (χ0) is 17.8. The molecule has 0 unspecified atom stereocenters. The molecule has 0 aliphatic heterocycles. The van der Waals surface area contributed by atoms with Gasteiger partial charge in [-0.25, -0.2) is 4.98 Å². The van der Waals surface area contributed by atoms with Crippen LogP contribution in [0.4, 0.5) is 10.8 Å². The van der Waals surface area contributed by atoms with Crippen LogP contribution < -0.4 is 19.7 Å². The molecule has 3 rings (SSSR count). The minimum atomic E-state index is -0.131. The molecule has 0 spiro atoms. The van der Waals surface area contributed by atoms with Gasteiger partial charge < -0.3 is 19.7 Å². The number of rotatable bonds is 6. The summed E-state index contributed by atoms with van der Waals surface area (Å²) in [6.07, 6.45) is 0. The van der Waals surface area contributed by atoms with Gasteiger partial charge in [-0.3, -0.25) is 4.79 Å². The average molecular weight is 357 g/mol. The molecule has 1 amide bonds. The number of anilines is 2. The van der Waals surface area contributed by atoms with Crippen LogP contribution in [-0.4, -0.2) is 38.7 Å². The molecule has 1 aromatic heterocycles. The first-order chi connectivity index (χ1) is 12.1. The molecule has 6 nitrogen and oxygen atoms in total. The third-order valence-electron chi connectivity index (χ3n) is 3.66. The molecule has 1 heterocycles. The van der Waals surface area contributed by atoms with Gasteiger partial charge in [0.15, 0.2) is 16.6 Å². The van der Waals surface area contributed by atoms with Crippen LogP contribution in [0.5, 0.6) is 11.5 Å². The monoisotopic (exact) mass is 357 g/mol. The predicted octanol–water partition coefficient (Wildman–Crippen LogP) is 3.39. The smallest absolute Gasteiger partial charge is 0.243 e. The van der Waals surface area contributed by atoms with Crippen molar-refractivity contribution in [1.29, 1.82) is 0 Å². The summed E-state index contributed by atoms with van der Waals surface area (Å²) < 4.78 is 11.5. The van der Waals surface area contributed by atoms with Crippen molar-refractivity contribution < 1.29 is 14.3 Å². The molecule has 0 saturated heterocycles. The summed E-state index contributed by atoms with van der Waals surface area (Å²) in [7, 11) is 4.99. The van der Waals surface area contributed by atoms with Gasteiger partial charge in [0.25, 0.3) is 0 Å². The summed E-state index contributed by atoms with van der Waals surface area (Å²) in [5.74, 6) is 1.06. The summed E-state index contributed by atoms with van der Waals surface area (Å²) in [4.78, 5) is 18.7. The normalized spacial score (nSPS) is 10.5. The second kappa shape index (κ2) is 7.40. The lowest BCUT2D eigenvalue weighted by molar-refractivity contribution is -0.114. The summed E-state index contributed by atoms with van der Waals surface area (Å²) in [6, 6.07) is 13.2. The van der Waals surface area contributed by atoms with Crippen LogP contribution in [0.3, 0.4) is 0 Å². The van der Waals surface area contributed by atoms with E-state index in [2.05, 4.69) is 10.3 Å². The SMILES string of the molecule is COc1ccc(NC(=O)CN(C)c2nc3ccccc3s2)cc1OC. The number of hydrogen-bond donors (Lipinski definition) is 1. The predicted molar refractivity (Wildman–Crippen MR) is 101 cm³/mol. The van der Waals surface area contributed by atoms with Gasteiger partial charge in [-0.05, 0) is 24.3 Å². The topological polar surface area (TPSA) is 63.7 Å². The largest absolute Gasteiger partial charge is 0.493 e. The Bertz CT molecular complexity index is 861. The fourth-order valence-electron chi connectivity index (χ4n) is 2.42. The van der Waals surface area contributed by atoms with Crippen LogP contribution in [0, 0.1) is 0 Å². The molecule has 3 aromatic rings. The number of para-hydroxylation sites is 1. The number of benzene rings is 2. The number of thiazole rings is 1. The highest BCUT2D eigenvalue weighted by Gasteiger charge is 2.13. The lowest BCUT2D eigenvalue weighted by Crippen LogP contribution is -2.29. The van der Waals surface area contributed by atoms with Crippen molar-refractivity contribution >= 4 is 38.3 Å². The molecule has 0 radical (unpaired) electrons. The van der Waals surface area contributed by atoms with E-state index in [0.717, 1.165) is 15.3 Å². The Morgan fingerprint density at radius 2 is 1.92 bits per heavy atom. The molecule has 1 N–H and O–H groups in total. The van der Waals surface area contributed by atoms with Crippen molar-refractivity contribution in [3.8, 4) is 11.5 Å². The van der Waals surface area contributed by atoms with E-state index in [4.69, 9.17) is 9.47 Å². The van der Waals surface area contributed by atoms with Gasteiger partial charge in [-0.2, -0.15) is 0 Å². The van der Waals surface area contributed by atoms with Gasteiger partial charge in [0.05, 0.1) is 31.0 Å². The summed E-state index contributed by atoms with van der Waals surface area (Å²) >= 11 is 1.56. The number of hydrogen-bond acceptors (Lipinski definition) is 6. The Morgan fingerprint density at radius 3 is 2.64 bits per heavy atom. The summed E-state index contributed by atoms with van der Waals surface area (Å²) in [5.41, 5.74) is 1.59. The van der Waals surface area contributed by atoms with Gasteiger partial charge in [0.1, 0.15) is 0 Å². The van der Waals surface area contributed by atoms with Gasteiger partial charge in [-0.15, -0.1) is 0 Å². The molecule has 7 heteroatoms. The Balaban J connectivity index is 1.67. The van der Waals surface area contributed by atoms with E-state index in [1.165, 1.54) is 0 Å². The van der Waals surface area contributed by atoms with Crippen molar-refractivity contribution in [2.45, 2.75) is 0 Å². The highest BCUT2D eigenvalue weighted by Crippen LogP contribution is 2.30. The molecule has 2 aromatic carbocycles. The quantitative estimate of drug-likeness (QED) is 0.733. The standard InChI is InChI=1S/C18H19N3O3S/c1-21(18-20-13-6-4-5-7-16(13)25-18)11-17(22)19-12-8-9-14(23-2)15(10-12)24-3/h4-10H,11H2,1-3H3,(H,19,22). The van der Waals surface area contributed by atoms with E-state index in [-0.39, 0.29) is 12.5 Å².